The first-order valence-electron chi connectivity index (χ1n) is 6.35. The fraction of sp³-hybridized carbons (Fsp3) is 0.500. The Morgan fingerprint density at radius 3 is 2.58 bits per heavy atom. The second-order valence-corrected chi connectivity index (χ2v) is 5.24. The van der Waals surface area contributed by atoms with Crippen LogP contribution in [0.2, 0.25) is 0 Å². The molecule has 0 aliphatic carbocycles. The number of rotatable bonds is 4. The van der Waals surface area contributed by atoms with Crippen molar-refractivity contribution in [3.63, 3.8) is 0 Å². The number of amides is 1. The van der Waals surface area contributed by atoms with Crippen molar-refractivity contribution in [1.82, 2.24) is 0 Å². The average Bonchev–Trinajstić information content (AvgIpc) is 2.27. The van der Waals surface area contributed by atoms with Gasteiger partial charge in [-0.1, -0.05) is 6.92 Å². The zero-order valence-corrected chi connectivity index (χ0v) is 11.8. The van der Waals surface area contributed by atoms with E-state index in [0.717, 1.165) is 6.42 Å². The van der Waals surface area contributed by atoms with Crippen LogP contribution >= 0.6 is 0 Å². The van der Waals surface area contributed by atoms with Gasteiger partial charge in [0, 0.05) is 6.54 Å². The third kappa shape index (κ3) is 5.59. The number of hydrogen-bond donors (Lipinski definition) is 2. The summed E-state index contributed by atoms with van der Waals surface area (Å²) < 4.78 is 18.4. The molecule has 0 spiro atoms. The number of ether oxygens (including phenoxy) is 1. The van der Waals surface area contributed by atoms with Crippen molar-refractivity contribution >= 4 is 17.5 Å². The maximum atomic E-state index is 13.2. The Morgan fingerprint density at radius 1 is 1.32 bits per heavy atom. The molecule has 5 heteroatoms. The third-order valence-corrected chi connectivity index (χ3v) is 2.18. The van der Waals surface area contributed by atoms with Gasteiger partial charge in [-0.25, -0.2) is 9.18 Å². The molecule has 19 heavy (non-hydrogen) atoms. The quantitative estimate of drug-likeness (QED) is 0.868. The van der Waals surface area contributed by atoms with E-state index in [1.54, 1.807) is 20.8 Å². The lowest BCUT2D eigenvalue weighted by molar-refractivity contribution is 0.0636. The molecule has 4 nitrogen and oxygen atoms in total. The standard InChI is InChI=1S/C14H21FN2O2/c1-5-8-16-12-9-10(15)6-7-11(12)17-13(18)19-14(2,3)4/h6-7,9,16H,5,8H2,1-4H3,(H,17,18). The Hall–Kier alpha value is -1.78. The Morgan fingerprint density at radius 2 is 2.00 bits per heavy atom. The van der Waals surface area contributed by atoms with Crippen LogP contribution < -0.4 is 10.6 Å². The Balaban J connectivity index is 2.79. The predicted octanol–water partition coefficient (Wildman–Crippen LogP) is 3.99. The van der Waals surface area contributed by atoms with Crippen LogP contribution in [-0.2, 0) is 4.74 Å². The summed E-state index contributed by atoms with van der Waals surface area (Å²) in [5.74, 6) is -0.353. The maximum absolute atomic E-state index is 13.2. The second-order valence-electron chi connectivity index (χ2n) is 5.24. The molecule has 1 amide bonds. The summed E-state index contributed by atoms with van der Waals surface area (Å²) in [5, 5.41) is 5.67. The topological polar surface area (TPSA) is 50.4 Å². The van der Waals surface area contributed by atoms with E-state index in [1.165, 1.54) is 18.2 Å². The lowest BCUT2D eigenvalue weighted by Crippen LogP contribution is -2.27. The summed E-state index contributed by atoms with van der Waals surface area (Å²) in [4.78, 5) is 11.7. The van der Waals surface area contributed by atoms with Crippen molar-refractivity contribution in [3.05, 3.63) is 24.0 Å². The molecule has 1 aromatic rings. The fourth-order valence-electron chi connectivity index (χ4n) is 1.44. The van der Waals surface area contributed by atoms with Gasteiger partial charge in [-0.05, 0) is 45.4 Å². The highest BCUT2D eigenvalue weighted by Gasteiger charge is 2.17. The molecular formula is C14H21FN2O2. The van der Waals surface area contributed by atoms with Gasteiger partial charge in [0.25, 0.3) is 0 Å². The minimum Gasteiger partial charge on any atom is -0.444 e. The van der Waals surface area contributed by atoms with Crippen molar-refractivity contribution in [3.8, 4) is 0 Å². The lowest BCUT2D eigenvalue weighted by Gasteiger charge is -2.20. The van der Waals surface area contributed by atoms with E-state index in [-0.39, 0.29) is 5.82 Å². The van der Waals surface area contributed by atoms with Crippen molar-refractivity contribution in [1.29, 1.82) is 0 Å². The van der Waals surface area contributed by atoms with Crippen molar-refractivity contribution in [2.45, 2.75) is 39.7 Å². The predicted molar refractivity (Wildman–Crippen MR) is 75.0 cm³/mol. The van der Waals surface area contributed by atoms with E-state index < -0.39 is 11.7 Å². The van der Waals surface area contributed by atoms with Gasteiger partial charge in [0.15, 0.2) is 0 Å². The molecule has 1 rings (SSSR count). The SMILES string of the molecule is CCCNc1cc(F)ccc1NC(=O)OC(C)(C)C. The molecule has 0 radical (unpaired) electrons. The van der Waals surface area contributed by atoms with Crippen molar-refractivity contribution in [2.24, 2.45) is 0 Å². The van der Waals surface area contributed by atoms with Gasteiger partial charge >= 0.3 is 6.09 Å². The van der Waals surface area contributed by atoms with Crippen molar-refractivity contribution < 1.29 is 13.9 Å². The van der Waals surface area contributed by atoms with Gasteiger partial charge in [-0.15, -0.1) is 0 Å². The highest BCUT2D eigenvalue weighted by molar-refractivity contribution is 5.89. The molecule has 0 atom stereocenters. The number of carbonyl (C=O) groups excluding carboxylic acids is 1. The Kier molecular flexibility index (Phi) is 5.15. The van der Waals surface area contributed by atoms with Gasteiger partial charge in [-0.2, -0.15) is 0 Å². The summed E-state index contributed by atoms with van der Waals surface area (Å²) in [6.07, 6.45) is 0.348. The Labute approximate surface area is 113 Å². The van der Waals surface area contributed by atoms with Gasteiger partial charge in [0.05, 0.1) is 11.4 Å². The minimum atomic E-state index is -0.568. The van der Waals surface area contributed by atoms with Crippen LogP contribution in [-0.4, -0.2) is 18.2 Å². The summed E-state index contributed by atoms with van der Waals surface area (Å²) >= 11 is 0. The molecule has 0 saturated heterocycles. The number of anilines is 2. The van der Waals surface area contributed by atoms with E-state index in [1.807, 2.05) is 6.92 Å². The van der Waals surface area contributed by atoms with Gasteiger partial charge in [0.1, 0.15) is 11.4 Å². The number of halogens is 1. The zero-order chi connectivity index (χ0) is 14.5. The first kappa shape index (κ1) is 15.3. The molecule has 0 unspecified atom stereocenters. The molecule has 0 aromatic heterocycles. The first-order chi connectivity index (χ1) is 8.81. The monoisotopic (exact) mass is 268 g/mol. The van der Waals surface area contributed by atoms with Crippen LogP contribution in [0.3, 0.4) is 0 Å². The van der Waals surface area contributed by atoms with Crippen molar-refractivity contribution in [2.75, 3.05) is 17.2 Å². The van der Waals surface area contributed by atoms with E-state index in [2.05, 4.69) is 10.6 Å². The third-order valence-electron chi connectivity index (χ3n) is 2.18. The zero-order valence-electron chi connectivity index (χ0n) is 11.8. The van der Waals surface area contributed by atoms with Crippen LogP contribution in [0.5, 0.6) is 0 Å². The van der Waals surface area contributed by atoms with Crippen LogP contribution in [0.1, 0.15) is 34.1 Å². The van der Waals surface area contributed by atoms with Gasteiger partial charge < -0.3 is 10.1 Å². The molecule has 0 aliphatic heterocycles. The second kappa shape index (κ2) is 6.41. The first-order valence-corrected chi connectivity index (χ1v) is 6.35. The summed E-state index contributed by atoms with van der Waals surface area (Å²) in [6, 6.07) is 4.16. The van der Waals surface area contributed by atoms with E-state index in [4.69, 9.17) is 4.74 Å². The smallest absolute Gasteiger partial charge is 0.412 e. The van der Waals surface area contributed by atoms with Gasteiger partial charge in [-0.3, -0.25) is 5.32 Å². The number of nitrogens with one attached hydrogen (secondary N) is 2. The molecule has 0 saturated carbocycles. The largest absolute Gasteiger partial charge is 0.444 e. The van der Waals surface area contributed by atoms with E-state index >= 15 is 0 Å². The minimum absolute atomic E-state index is 0.353. The van der Waals surface area contributed by atoms with Crippen LogP contribution in [0, 0.1) is 5.82 Å². The van der Waals surface area contributed by atoms with Gasteiger partial charge in [0.2, 0.25) is 0 Å². The molecule has 2 N–H and O–H groups in total. The van der Waals surface area contributed by atoms with Crippen LogP contribution in [0.15, 0.2) is 18.2 Å². The summed E-state index contributed by atoms with van der Waals surface area (Å²) in [6.45, 7) is 8.06. The normalized spacial score (nSPS) is 11.0. The fourth-order valence-corrected chi connectivity index (χ4v) is 1.44. The van der Waals surface area contributed by atoms with E-state index in [0.29, 0.717) is 17.9 Å². The highest BCUT2D eigenvalue weighted by atomic mass is 19.1. The van der Waals surface area contributed by atoms with Crippen LogP contribution in [0.25, 0.3) is 0 Å². The maximum Gasteiger partial charge on any atom is 0.412 e. The van der Waals surface area contributed by atoms with Crippen LogP contribution in [0.4, 0.5) is 20.6 Å². The van der Waals surface area contributed by atoms with E-state index in [9.17, 15) is 9.18 Å². The average molecular weight is 268 g/mol. The molecule has 106 valence electrons. The molecule has 0 fully saturated rings. The molecule has 0 aliphatic rings. The summed E-state index contributed by atoms with van der Waals surface area (Å²) in [5.41, 5.74) is 0.484. The number of benzene rings is 1. The molecular weight excluding hydrogens is 247 g/mol. The number of hydrogen-bond acceptors (Lipinski definition) is 3. The lowest BCUT2D eigenvalue weighted by atomic mass is 10.2. The molecule has 0 heterocycles. The number of carbonyl (C=O) groups is 1. The summed E-state index contributed by atoms with van der Waals surface area (Å²) in [7, 11) is 0. The molecule has 0 bridgehead atoms. The Bertz CT molecular complexity index is 442. The molecule has 1 aromatic carbocycles. The highest BCUT2D eigenvalue weighted by Crippen LogP contribution is 2.23.